The SMILES string of the molecule is CCO[Si](CCCNC(=O)N(CC)CC(C)C[Si](C)(C)O[Si](C)(C)O[Si](C)(C)CC(C)CN(CC)C(=O)NCCC[Si](OCC)(OCC)OCC)(OCC)OCC. The van der Waals surface area contributed by atoms with Crippen molar-refractivity contribution in [3.63, 3.8) is 0 Å². The molecule has 4 amide bonds. The maximum atomic E-state index is 13.2. The van der Waals surface area contributed by atoms with Gasteiger partial charge in [0.15, 0.2) is 16.6 Å². The van der Waals surface area contributed by atoms with E-state index in [-0.39, 0.29) is 23.9 Å². The molecular formula is C38H88N4O10Si5. The predicted molar refractivity (Wildman–Crippen MR) is 244 cm³/mol. The van der Waals surface area contributed by atoms with Gasteiger partial charge in [0, 0.05) is 91.0 Å². The summed E-state index contributed by atoms with van der Waals surface area (Å²) in [5.74, 6) is 0.548. The monoisotopic (exact) mass is 901 g/mol. The van der Waals surface area contributed by atoms with E-state index in [2.05, 4.69) is 63.8 Å². The fraction of sp³-hybridized carbons (Fsp3) is 0.947. The molecule has 0 fully saturated rings. The number of carbonyl (C=O) groups excluding carboxylic acids is 2. The van der Waals surface area contributed by atoms with Crippen molar-refractivity contribution in [2.24, 2.45) is 11.8 Å². The van der Waals surface area contributed by atoms with Crippen LogP contribution >= 0.6 is 0 Å². The van der Waals surface area contributed by atoms with Gasteiger partial charge < -0.3 is 55.2 Å². The van der Waals surface area contributed by atoms with Crippen LogP contribution in [0.1, 0.15) is 82.1 Å². The largest absolute Gasteiger partial charge is 0.500 e. The highest BCUT2D eigenvalue weighted by Gasteiger charge is 2.42. The standard InChI is InChI=1S/C38H88N4O10Si5/c1-17-41(37(43)39-27-25-29-56(45-19-3,46-20-4)47-21-5)31-35(9)33-53(11,12)51-55(15,16)52-54(13,14)34-36(10)32-42(18-2)38(44)40-28-26-30-57(48-22-6,49-23-7)50-24-8/h35-36H,17-34H2,1-16H3,(H,39,43)(H,40,44). The topological polar surface area (TPSA) is 139 Å². The predicted octanol–water partition coefficient (Wildman–Crippen LogP) is 8.34. The molecule has 2 unspecified atom stereocenters. The highest BCUT2D eigenvalue weighted by atomic mass is 28.5. The van der Waals surface area contributed by atoms with Crippen molar-refractivity contribution in [2.45, 2.75) is 146 Å². The van der Waals surface area contributed by atoms with Gasteiger partial charge in [-0.05, 0) is 131 Å². The summed E-state index contributed by atoms with van der Waals surface area (Å²) in [6.45, 7) is 40.5. The van der Waals surface area contributed by atoms with Crippen molar-refractivity contribution >= 4 is 54.9 Å². The van der Waals surface area contributed by atoms with Crippen molar-refractivity contribution in [1.29, 1.82) is 0 Å². The highest BCUT2D eigenvalue weighted by molar-refractivity contribution is 6.87. The summed E-state index contributed by atoms with van der Waals surface area (Å²) in [4.78, 5) is 30.2. The van der Waals surface area contributed by atoms with E-state index in [9.17, 15) is 9.59 Å². The van der Waals surface area contributed by atoms with E-state index in [1.165, 1.54) is 0 Å². The molecule has 0 saturated heterocycles. The van der Waals surface area contributed by atoms with Gasteiger partial charge in [-0.1, -0.05) is 13.8 Å². The van der Waals surface area contributed by atoms with Crippen LogP contribution < -0.4 is 10.6 Å². The van der Waals surface area contributed by atoms with Crippen LogP contribution in [0, 0.1) is 11.8 Å². The Bertz CT molecular complexity index is 985. The molecule has 0 aromatic heterocycles. The zero-order valence-corrected chi connectivity index (χ0v) is 44.4. The third-order valence-corrected chi connectivity index (χ3v) is 27.2. The van der Waals surface area contributed by atoms with Crippen molar-refractivity contribution in [2.75, 3.05) is 78.9 Å². The summed E-state index contributed by atoms with van der Waals surface area (Å²) >= 11 is 0. The Kier molecular flexibility index (Phi) is 28.4. The Labute approximate surface area is 354 Å². The first-order chi connectivity index (χ1) is 26.7. The Morgan fingerprint density at radius 1 is 0.509 bits per heavy atom. The van der Waals surface area contributed by atoms with E-state index in [1.54, 1.807) is 0 Å². The molecule has 0 bridgehead atoms. The van der Waals surface area contributed by atoms with Crippen LogP contribution in [0.4, 0.5) is 9.59 Å². The molecule has 0 aromatic rings. The zero-order valence-electron chi connectivity index (χ0n) is 39.4. The number of urea groups is 2. The van der Waals surface area contributed by atoms with Crippen LogP contribution in [0.3, 0.4) is 0 Å². The summed E-state index contributed by atoms with van der Waals surface area (Å²) < 4.78 is 49.7. The van der Waals surface area contributed by atoms with E-state index in [1.807, 2.05) is 65.2 Å². The lowest BCUT2D eigenvalue weighted by Gasteiger charge is -2.40. The maximum Gasteiger partial charge on any atom is 0.500 e. The average Bonchev–Trinajstić information content (AvgIpc) is 3.08. The second-order valence-electron chi connectivity index (χ2n) is 16.5. The van der Waals surface area contributed by atoms with E-state index >= 15 is 0 Å². The third-order valence-electron chi connectivity index (χ3n) is 9.18. The van der Waals surface area contributed by atoms with Crippen LogP contribution in [0.25, 0.3) is 0 Å². The number of carbonyl (C=O) groups is 2. The molecule has 0 aliphatic rings. The zero-order chi connectivity index (χ0) is 43.8. The molecule has 0 aliphatic carbocycles. The molecule has 0 saturated carbocycles. The van der Waals surface area contributed by atoms with E-state index in [4.69, 9.17) is 34.8 Å². The molecule has 0 heterocycles. The average molecular weight is 902 g/mol. The molecule has 0 aliphatic heterocycles. The van der Waals surface area contributed by atoms with Gasteiger partial charge >= 0.3 is 38.2 Å². The maximum absolute atomic E-state index is 13.2. The van der Waals surface area contributed by atoms with Crippen molar-refractivity contribution in [1.82, 2.24) is 20.4 Å². The van der Waals surface area contributed by atoms with Crippen molar-refractivity contribution in [3.05, 3.63) is 0 Å². The Hall–Kier alpha value is -0.696. The lowest BCUT2D eigenvalue weighted by atomic mass is 10.2. The molecule has 2 atom stereocenters. The van der Waals surface area contributed by atoms with Crippen LogP contribution in [0.5, 0.6) is 0 Å². The van der Waals surface area contributed by atoms with E-state index in [0.717, 1.165) is 24.9 Å². The van der Waals surface area contributed by atoms with Crippen LogP contribution in [-0.2, 0) is 34.8 Å². The van der Waals surface area contributed by atoms with Gasteiger partial charge in [0.2, 0.25) is 0 Å². The quantitative estimate of drug-likeness (QED) is 0.0479. The number of nitrogens with one attached hydrogen (secondary N) is 2. The first-order valence-corrected chi connectivity index (χ1v) is 34.9. The smallest absolute Gasteiger partial charge is 0.436 e. The minimum Gasteiger partial charge on any atom is -0.436 e. The summed E-state index contributed by atoms with van der Waals surface area (Å²) in [5.41, 5.74) is 0. The van der Waals surface area contributed by atoms with Crippen molar-refractivity contribution < 1.29 is 44.4 Å². The first-order valence-electron chi connectivity index (χ1n) is 22.0. The molecule has 0 spiro atoms. The van der Waals surface area contributed by atoms with Crippen LogP contribution in [0.2, 0.25) is 63.5 Å². The van der Waals surface area contributed by atoms with Gasteiger partial charge in [0.1, 0.15) is 0 Å². The molecule has 340 valence electrons. The van der Waals surface area contributed by atoms with Gasteiger partial charge in [-0.25, -0.2) is 9.59 Å². The molecule has 0 radical (unpaired) electrons. The fourth-order valence-electron chi connectivity index (χ4n) is 7.93. The molecule has 57 heavy (non-hydrogen) atoms. The van der Waals surface area contributed by atoms with Gasteiger partial charge in [-0.15, -0.1) is 0 Å². The summed E-state index contributed by atoms with van der Waals surface area (Å²) in [5, 5.41) is 6.21. The normalized spacial score (nSPS) is 14.0. The summed E-state index contributed by atoms with van der Waals surface area (Å²) in [6.07, 6.45) is 1.46. The minimum absolute atomic E-state index is 0.0506. The van der Waals surface area contributed by atoms with Gasteiger partial charge in [-0.2, -0.15) is 0 Å². The van der Waals surface area contributed by atoms with Gasteiger partial charge in [0.25, 0.3) is 0 Å². The summed E-state index contributed by atoms with van der Waals surface area (Å²) in [7, 11) is -12.2. The second kappa shape index (κ2) is 28.8. The number of amides is 4. The lowest BCUT2D eigenvalue weighted by molar-refractivity contribution is 0.0700. The molecule has 0 rings (SSSR count). The molecule has 19 heteroatoms. The van der Waals surface area contributed by atoms with Crippen molar-refractivity contribution in [3.8, 4) is 0 Å². The summed E-state index contributed by atoms with van der Waals surface area (Å²) in [6, 6.07) is 3.08. The van der Waals surface area contributed by atoms with Gasteiger partial charge in [0.05, 0.1) is 0 Å². The third kappa shape index (κ3) is 23.8. The molecule has 14 nitrogen and oxygen atoms in total. The Morgan fingerprint density at radius 3 is 1.04 bits per heavy atom. The van der Waals surface area contributed by atoms with E-state index in [0.29, 0.717) is 91.0 Å². The molecular weight excluding hydrogens is 813 g/mol. The second-order valence-corrected chi connectivity index (χ2v) is 34.2. The van der Waals surface area contributed by atoms with Gasteiger partial charge in [-0.3, -0.25) is 0 Å². The Balaban J connectivity index is 5.09. The number of rotatable bonds is 34. The molecule has 0 aromatic carbocycles. The Morgan fingerprint density at radius 2 is 0.789 bits per heavy atom. The lowest BCUT2D eigenvalue weighted by Crippen LogP contribution is -2.54. The number of nitrogens with zero attached hydrogens (tertiary/aromatic N) is 2. The van der Waals surface area contributed by atoms with E-state index < -0.39 is 42.8 Å². The molecule has 2 N–H and O–H groups in total. The van der Waals surface area contributed by atoms with Crippen LogP contribution in [0.15, 0.2) is 0 Å². The minimum atomic E-state index is -2.73. The number of hydrogen-bond donors (Lipinski definition) is 2. The number of hydrogen-bond acceptors (Lipinski definition) is 10. The van der Waals surface area contributed by atoms with Crippen LogP contribution in [-0.4, -0.2) is 144 Å². The fourth-order valence-corrected chi connectivity index (χ4v) is 28.6. The first kappa shape index (κ1) is 56.3. The highest BCUT2D eigenvalue weighted by Crippen LogP contribution is 2.29.